The Morgan fingerprint density at radius 3 is 1.86 bits per heavy atom. The van der Waals surface area contributed by atoms with E-state index >= 15 is 0 Å². The summed E-state index contributed by atoms with van der Waals surface area (Å²) in [6, 6.07) is 34.6. The van der Waals surface area contributed by atoms with Crippen LogP contribution >= 0.6 is 11.6 Å². The molecule has 0 bridgehead atoms. The van der Waals surface area contributed by atoms with E-state index in [1.165, 1.54) is 5.57 Å². The van der Waals surface area contributed by atoms with Crippen LogP contribution in [0.2, 0.25) is 5.02 Å². The first-order valence-electron chi connectivity index (χ1n) is 11.9. The molecule has 0 saturated carbocycles. The van der Waals surface area contributed by atoms with Gasteiger partial charge in [0.2, 0.25) is 0 Å². The molecule has 0 aliphatic carbocycles. The van der Waals surface area contributed by atoms with E-state index in [1.54, 1.807) is 0 Å². The number of nitrogens with two attached hydrogens (primary N) is 1. The highest BCUT2D eigenvalue weighted by atomic mass is 35.5. The monoisotopic (exact) mass is 483 g/mol. The zero-order valence-corrected chi connectivity index (χ0v) is 20.7. The second kappa shape index (κ2) is 12.3. The van der Waals surface area contributed by atoms with Gasteiger partial charge in [-0.1, -0.05) is 91.3 Å². The second-order valence-electron chi connectivity index (χ2n) is 8.15. The quantitative estimate of drug-likeness (QED) is 0.236. The van der Waals surface area contributed by atoms with Crippen LogP contribution < -0.4 is 15.2 Å². The summed E-state index contributed by atoms with van der Waals surface area (Å²) in [4.78, 5) is 0. The van der Waals surface area contributed by atoms with E-state index in [4.69, 9.17) is 26.8 Å². The van der Waals surface area contributed by atoms with Gasteiger partial charge in [-0.05, 0) is 70.2 Å². The van der Waals surface area contributed by atoms with Gasteiger partial charge < -0.3 is 15.2 Å². The molecule has 0 fully saturated rings. The highest BCUT2D eigenvalue weighted by Crippen LogP contribution is 2.38. The van der Waals surface area contributed by atoms with Crippen molar-refractivity contribution < 1.29 is 9.47 Å². The van der Waals surface area contributed by atoms with E-state index in [9.17, 15) is 0 Å². The van der Waals surface area contributed by atoms with Gasteiger partial charge in [0.05, 0.1) is 0 Å². The Kier molecular flexibility index (Phi) is 8.61. The molecule has 0 unspecified atom stereocenters. The summed E-state index contributed by atoms with van der Waals surface area (Å²) in [5.74, 6) is 1.64. The molecule has 0 aromatic heterocycles. The van der Waals surface area contributed by atoms with E-state index in [-0.39, 0.29) is 0 Å². The number of hydrogen-bond acceptors (Lipinski definition) is 3. The fourth-order valence-electron chi connectivity index (χ4n) is 4.08. The summed E-state index contributed by atoms with van der Waals surface area (Å²) in [7, 11) is 0. The summed E-state index contributed by atoms with van der Waals surface area (Å²) in [6.45, 7) is 3.67. The predicted octanol–water partition coefficient (Wildman–Crippen LogP) is 7.63. The molecule has 0 aliphatic rings. The zero-order valence-electron chi connectivity index (χ0n) is 19.9. The third kappa shape index (κ3) is 6.33. The first-order valence-corrected chi connectivity index (χ1v) is 12.3. The van der Waals surface area contributed by atoms with Crippen LogP contribution in [0, 0.1) is 0 Å². The second-order valence-corrected chi connectivity index (χ2v) is 8.55. The topological polar surface area (TPSA) is 44.5 Å². The molecule has 0 radical (unpaired) electrons. The van der Waals surface area contributed by atoms with Crippen molar-refractivity contribution in [3.8, 4) is 11.5 Å². The number of rotatable bonds is 10. The third-order valence-electron chi connectivity index (χ3n) is 5.78. The minimum atomic E-state index is 0.484. The Morgan fingerprint density at radius 1 is 0.714 bits per heavy atom. The lowest BCUT2D eigenvalue weighted by molar-refractivity contribution is 0.306. The Bertz CT molecular complexity index is 1250. The number of halogens is 1. The fraction of sp³-hybridized carbons (Fsp3) is 0.161. The van der Waals surface area contributed by atoms with Crippen molar-refractivity contribution in [3.63, 3.8) is 0 Å². The van der Waals surface area contributed by atoms with Crippen molar-refractivity contribution in [2.24, 2.45) is 5.73 Å². The standard InChI is InChI=1S/C31H30ClNO2/c1-2-28(29-10-6-7-11-30(29)32)31(24-12-16-26(17-13-24)34-21-20-33)25-14-18-27(19-15-25)35-22-23-8-4-3-5-9-23/h3-19H,2,20-22,33H2,1H3. The summed E-state index contributed by atoms with van der Waals surface area (Å²) in [6.07, 6.45) is 0.830. The van der Waals surface area contributed by atoms with Gasteiger partial charge in [0.15, 0.2) is 0 Å². The average Bonchev–Trinajstić information content (AvgIpc) is 2.91. The zero-order chi connectivity index (χ0) is 24.5. The fourth-order valence-corrected chi connectivity index (χ4v) is 4.33. The molecule has 0 amide bonds. The summed E-state index contributed by atoms with van der Waals surface area (Å²) in [5, 5.41) is 0.743. The molecule has 4 heteroatoms. The SMILES string of the molecule is CCC(=C(c1ccc(OCCN)cc1)c1ccc(OCc2ccccc2)cc1)c1ccccc1Cl. The molecule has 178 valence electrons. The van der Waals surface area contributed by atoms with Crippen molar-refractivity contribution in [1.82, 2.24) is 0 Å². The van der Waals surface area contributed by atoms with Crippen LogP contribution in [0.4, 0.5) is 0 Å². The maximum Gasteiger partial charge on any atom is 0.119 e. The lowest BCUT2D eigenvalue weighted by Gasteiger charge is -2.18. The van der Waals surface area contributed by atoms with Crippen molar-refractivity contribution in [3.05, 3.63) is 130 Å². The Labute approximate surface area is 212 Å². The van der Waals surface area contributed by atoms with Crippen LogP contribution in [0.1, 0.15) is 35.6 Å². The maximum absolute atomic E-state index is 6.64. The van der Waals surface area contributed by atoms with Crippen LogP contribution in [-0.4, -0.2) is 13.2 Å². The van der Waals surface area contributed by atoms with Gasteiger partial charge in [0.1, 0.15) is 24.7 Å². The molecule has 2 N–H and O–H groups in total. The largest absolute Gasteiger partial charge is 0.492 e. The molecule has 4 aromatic carbocycles. The van der Waals surface area contributed by atoms with Crippen LogP contribution in [0.5, 0.6) is 11.5 Å². The minimum absolute atomic E-state index is 0.484. The van der Waals surface area contributed by atoms with Crippen molar-refractivity contribution in [1.29, 1.82) is 0 Å². The number of benzene rings is 4. The van der Waals surface area contributed by atoms with Crippen LogP contribution in [0.3, 0.4) is 0 Å². The van der Waals surface area contributed by atoms with Crippen LogP contribution in [0.25, 0.3) is 11.1 Å². The highest BCUT2D eigenvalue weighted by Gasteiger charge is 2.15. The Morgan fingerprint density at radius 2 is 1.29 bits per heavy atom. The summed E-state index contributed by atoms with van der Waals surface area (Å²) >= 11 is 6.64. The number of allylic oxidation sites excluding steroid dienone is 1. The molecule has 0 aliphatic heterocycles. The molecule has 4 rings (SSSR count). The molecule has 0 heterocycles. The van der Waals surface area contributed by atoms with Gasteiger partial charge in [-0.2, -0.15) is 0 Å². The molecule has 0 saturated heterocycles. The Balaban J connectivity index is 1.71. The van der Waals surface area contributed by atoms with Crippen molar-refractivity contribution >= 4 is 22.7 Å². The molecular formula is C31H30ClNO2. The molecular weight excluding hydrogens is 454 g/mol. The predicted molar refractivity (Wildman–Crippen MR) is 146 cm³/mol. The lowest BCUT2D eigenvalue weighted by Crippen LogP contribution is -2.10. The average molecular weight is 484 g/mol. The molecule has 3 nitrogen and oxygen atoms in total. The van der Waals surface area contributed by atoms with E-state index < -0.39 is 0 Å². The molecule has 0 spiro atoms. The van der Waals surface area contributed by atoms with Crippen LogP contribution in [-0.2, 0) is 6.61 Å². The smallest absolute Gasteiger partial charge is 0.119 e. The van der Waals surface area contributed by atoms with Gasteiger partial charge in [-0.3, -0.25) is 0 Å². The number of hydrogen-bond donors (Lipinski definition) is 1. The lowest BCUT2D eigenvalue weighted by atomic mass is 9.88. The minimum Gasteiger partial charge on any atom is -0.492 e. The van der Waals surface area contributed by atoms with Gasteiger partial charge in [0.25, 0.3) is 0 Å². The normalized spacial score (nSPS) is 11.6. The Hall–Kier alpha value is -3.53. The van der Waals surface area contributed by atoms with E-state index in [0.29, 0.717) is 19.8 Å². The first-order chi connectivity index (χ1) is 17.2. The van der Waals surface area contributed by atoms with Crippen molar-refractivity contribution in [2.75, 3.05) is 13.2 Å². The molecule has 4 aromatic rings. The van der Waals surface area contributed by atoms with E-state index in [2.05, 4.69) is 49.4 Å². The van der Waals surface area contributed by atoms with Crippen molar-refractivity contribution in [2.45, 2.75) is 20.0 Å². The van der Waals surface area contributed by atoms with Gasteiger partial charge >= 0.3 is 0 Å². The number of ether oxygens (including phenoxy) is 2. The highest BCUT2D eigenvalue weighted by molar-refractivity contribution is 6.32. The molecule has 0 atom stereocenters. The summed E-state index contributed by atoms with van der Waals surface area (Å²) in [5.41, 5.74) is 12.3. The third-order valence-corrected chi connectivity index (χ3v) is 6.10. The van der Waals surface area contributed by atoms with E-state index in [1.807, 2.05) is 60.7 Å². The maximum atomic E-state index is 6.64. The van der Waals surface area contributed by atoms with Gasteiger partial charge in [-0.15, -0.1) is 0 Å². The van der Waals surface area contributed by atoms with Gasteiger partial charge in [0, 0.05) is 11.6 Å². The summed E-state index contributed by atoms with van der Waals surface area (Å²) < 4.78 is 11.7. The van der Waals surface area contributed by atoms with Crippen LogP contribution in [0.15, 0.2) is 103 Å². The first kappa shape index (κ1) is 24.6. The molecule has 35 heavy (non-hydrogen) atoms. The van der Waals surface area contributed by atoms with E-state index in [0.717, 1.165) is 50.8 Å². The van der Waals surface area contributed by atoms with Gasteiger partial charge in [-0.25, -0.2) is 0 Å².